The number of imidazole rings is 1. The first-order valence-electron chi connectivity index (χ1n) is 10.8. The van der Waals surface area contributed by atoms with Gasteiger partial charge in [-0.2, -0.15) is 0 Å². The van der Waals surface area contributed by atoms with E-state index < -0.39 is 0 Å². The Morgan fingerprint density at radius 1 is 0.903 bits per heavy atom. The highest BCUT2D eigenvalue weighted by molar-refractivity contribution is 6.30. The third kappa shape index (κ3) is 5.56. The average Bonchev–Trinajstić information content (AvgIpc) is 3.16. The van der Waals surface area contributed by atoms with Crippen molar-refractivity contribution in [1.29, 1.82) is 0 Å². The van der Waals surface area contributed by atoms with Crippen LogP contribution >= 0.6 is 11.6 Å². The van der Waals surface area contributed by atoms with Gasteiger partial charge in [0.1, 0.15) is 11.6 Å². The Labute approximate surface area is 189 Å². The van der Waals surface area contributed by atoms with Crippen LogP contribution in [-0.2, 0) is 13.0 Å². The summed E-state index contributed by atoms with van der Waals surface area (Å²) in [6.07, 6.45) is 7.22. The van der Waals surface area contributed by atoms with Gasteiger partial charge in [-0.05, 0) is 72.9 Å². The lowest BCUT2D eigenvalue weighted by Crippen LogP contribution is -2.04. The van der Waals surface area contributed by atoms with Gasteiger partial charge in [-0.15, -0.1) is 0 Å². The number of ether oxygens (including phenoxy) is 1. The fourth-order valence-electron chi connectivity index (χ4n) is 3.58. The molecule has 158 valence electrons. The quantitative estimate of drug-likeness (QED) is 0.261. The van der Waals surface area contributed by atoms with Crippen molar-refractivity contribution in [2.24, 2.45) is 0 Å². The zero-order valence-corrected chi connectivity index (χ0v) is 18.6. The number of unbranched alkanes of at least 4 members (excludes halogenated alkanes) is 1. The first-order chi connectivity index (χ1) is 15.2. The lowest BCUT2D eigenvalue weighted by molar-refractivity contribution is 0.303. The third-order valence-electron chi connectivity index (χ3n) is 5.36. The second kappa shape index (κ2) is 10.3. The number of aromatic nitrogens is 2. The summed E-state index contributed by atoms with van der Waals surface area (Å²) >= 11 is 5.99. The van der Waals surface area contributed by atoms with Crippen LogP contribution in [0.5, 0.6) is 5.75 Å². The van der Waals surface area contributed by atoms with E-state index in [1.165, 1.54) is 5.56 Å². The van der Waals surface area contributed by atoms with Crippen molar-refractivity contribution < 1.29 is 4.74 Å². The van der Waals surface area contributed by atoms with Gasteiger partial charge in [0.15, 0.2) is 0 Å². The maximum absolute atomic E-state index is 5.99. The second-order valence-electron chi connectivity index (χ2n) is 7.55. The molecule has 0 aliphatic carbocycles. The molecule has 31 heavy (non-hydrogen) atoms. The van der Waals surface area contributed by atoms with Crippen molar-refractivity contribution >= 4 is 34.8 Å². The largest absolute Gasteiger partial charge is 0.494 e. The molecule has 3 nitrogen and oxygen atoms in total. The fourth-order valence-corrected chi connectivity index (χ4v) is 3.71. The lowest BCUT2D eigenvalue weighted by Gasteiger charge is -2.09. The molecule has 4 heteroatoms. The monoisotopic (exact) mass is 430 g/mol. The summed E-state index contributed by atoms with van der Waals surface area (Å²) < 4.78 is 8.20. The number of hydrogen-bond acceptors (Lipinski definition) is 2. The smallest absolute Gasteiger partial charge is 0.133 e. The van der Waals surface area contributed by atoms with Crippen LogP contribution in [0.1, 0.15) is 36.7 Å². The zero-order chi connectivity index (χ0) is 21.5. The van der Waals surface area contributed by atoms with Crippen molar-refractivity contribution in [1.82, 2.24) is 9.55 Å². The Kier molecular flexibility index (Phi) is 7.06. The van der Waals surface area contributed by atoms with E-state index in [4.69, 9.17) is 21.3 Å². The first kappa shape index (κ1) is 21.2. The number of nitrogens with zero attached hydrogens (tertiary/aromatic N) is 2. The van der Waals surface area contributed by atoms with Crippen molar-refractivity contribution in [3.63, 3.8) is 0 Å². The zero-order valence-electron chi connectivity index (χ0n) is 17.8. The molecule has 0 fully saturated rings. The molecule has 1 aromatic heterocycles. The minimum Gasteiger partial charge on any atom is -0.494 e. The number of aryl methyl sites for hydroxylation is 2. The summed E-state index contributed by atoms with van der Waals surface area (Å²) in [6, 6.07) is 24.5. The van der Waals surface area contributed by atoms with Crippen LogP contribution in [0.15, 0.2) is 72.8 Å². The topological polar surface area (TPSA) is 27.1 Å². The summed E-state index contributed by atoms with van der Waals surface area (Å²) in [5.74, 6) is 1.91. The van der Waals surface area contributed by atoms with Crippen molar-refractivity contribution in [3.05, 3.63) is 94.8 Å². The van der Waals surface area contributed by atoms with Gasteiger partial charge in [-0.1, -0.05) is 61.0 Å². The van der Waals surface area contributed by atoms with E-state index in [0.717, 1.165) is 59.0 Å². The van der Waals surface area contributed by atoms with E-state index in [1.807, 2.05) is 30.3 Å². The van der Waals surface area contributed by atoms with Gasteiger partial charge in [-0.25, -0.2) is 4.98 Å². The molecule has 0 radical (unpaired) electrons. The van der Waals surface area contributed by atoms with Crippen LogP contribution in [0.3, 0.4) is 0 Å². The van der Waals surface area contributed by atoms with Crippen molar-refractivity contribution in [3.8, 4) is 5.75 Å². The Bertz CT molecular complexity index is 1140. The predicted octanol–water partition coefficient (Wildman–Crippen LogP) is 7.28. The summed E-state index contributed by atoms with van der Waals surface area (Å²) in [4.78, 5) is 4.83. The Morgan fingerprint density at radius 3 is 2.45 bits per heavy atom. The number of fused-ring (bicyclic) bond motifs is 1. The fraction of sp³-hybridized carbons (Fsp3) is 0.222. The molecule has 0 atom stereocenters. The Morgan fingerprint density at radius 2 is 1.68 bits per heavy atom. The first-order valence-corrected chi connectivity index (χ1v) is 11.2. The minimum absolute atomic E-state index is 0.716. The van der Waals surface area contributed by atoms with Crippen LogP contribution < -0.4 is 4.74 Å². The third-order valence-corrected chi connectivity index (χ3v) is 5.61. The number of halogens is 1. The molecule has 0 bridgehead atoms. The molecule has 0 saturated carbocycles. The van der Waals surface area contributed by atoms with Crippen LogP contribution in [-0.4, -0.2) is 16.2 Å². The number of para-hydroxylation sites is 2. The maximum Gasteiger partial charge on any atom is 0.133 e. The summed E-state index contributed by atoms with van der Waals surface area (Å²) in [7, 11) is 0. The molecule has 0 saturated heterocycles. The molecule has 4 aromatic rings. The standard InChI is InChI=1S/C27H27ClN2O/c1-2-21-11-16-24(17-12-21)31-20-6-5-19-30-26-8-4-3-7-25(26)29-27(30)18-13-22-9-14-23(28)15-10-22/h3-4,7-18H,2,5-6,19-20H2,1H3/b18-13+. The molecule has 0 spiro atoms. The highest BCUT2D eigenvalue weighted by Crippen LogP contribution is 2.20. The molecule has 0 aliphatic heterocycles. The normalized spacial score (nSPS) is 11.4. The molecule has 1 heterocycles. The number of benzene rings is 3. The molecule has 3 aromatic carbocycles. The highest BCUT2D eigenvalue weighted by Gasteiger charge is 2.08. The van der Waals surface area contributed by atoms with Crippen LogP contribution in [0.4, 0.5) is 0 Å². The maximum atomic E-state index is 5.99. The van der Waals surface area contributed by atoms with Gasteiger partial charge in [0, 0.05) is 11.6 Å². The van der Waals surface area contributed by atoms with Crippen LogP contribution in [0.2, 0.25) is 5.02 Å². The minimum atomic E-state index is 0.716. The summed E-state index contributed by atoms with van der Waals surface area (Å²) in [6.45, 7) is 3.78. The van der Waals surface area contributed by atoms with Crippen LogP contribution in [0, 0.1) is 0 Å². The van der Waals surface area contributed by atoms with Gasteiger partial charge in [-0.3, -0.25) is 0 Å². The van der Waals surface area contributed by atoms with Gasteiger partial charge >= 0.3 is 0 Å². The van der Waals surface area contributed by atoms with Gasteiger partial charge in [0.05, 0.1) is 17.6 Å². The second-order valence-corrected chi connectivity index (χ2v) is 7.98. The van der Waals surface area contributed by atoms with Crippen molar-refractivity contribution in [2.45, 2.75) is 32.7 Å². The molecular weight excluding hydrogens is 404 g/mol. The van der Waals surface area contributed by atoms with E-state index >= 15 is 0 Å². The predicted molar refractivity (Wildman–Crippen MR) is 131 cm³/mol. The van der Waals surface area contributed by atoms with E-state index in [1.54, 1.807) is 0 Å². The van der Waals surface area contributed by atoms with Gasteiger partial charge < -0.3 is 9.30 Å². The van der Waals surface area contributed by atoms with E-state index in [9.17, 15) is 0 Å². The highest BCUT2D eigenvalue weighted by atomic mass is 35.5. The molecule has 0 amide bonds. The Balaban J connectivity index is 1.40. The van der Waals surface area contributed by atoms with Gasteiger partial charge in [0.2, 0.25) is 0 Å². The molecule has 0 unspecified atom stereocenters. The van der Waals surface area contributed by atoms with Crippen LogP contribution in [0.25, 0.3) is 23.2 Å². The average molecular weight is 431 g/mol. The van der Waals surface area contributed by atoms with E-state index in [-0.39, 0.29) is 0 Å². The molecular formula is C27H27ClN2O. The molecule has 4 rings (SSSR count). The summed E-state index contributed by atoms with van der Waals surface area (Å²) in [5, 5.41) is 0.743. The lowest BCUT2D eigenvalue weighted by atomic mass is 10.2. The van der Waals surface area contributed by atoms with E-state index in [0.29, 0.717) is 6.61 Å². The number of hydrogen-bond donors (Lipinski definition) is 0. The van der Waals surface area contributed by atoms with Gasteiger partial charge in [0.25, 0.3) is 0 Å². The summed E-state index contributed by atoms with van der Waals surface area (Å²) in [5.41, 5.74) is 4.61. The Hall–Kier alpha value is -3.04. The SMILES string of the molecule is CCc1ccc(OCCCCn2c(/C=C/c3ccc(Cl)cc3)nc3ccccc32)cc1. The molecule has 0 N–H and O–H groups in total. The molecule has 0 aliphatic rings. The van der Waals surface area contributed by atoms with E-state index in [2.05, 4.69) is 66.1 Å². The number of rotatable bonds is 9. The van der Waals surface area contributed by atoms with Crippen molar-refractivity contribution in [2.75, 3.05) is 6.61 Å².